The van der Waals surface area contributed by atoms with Gasteiger partial charge in [-0.15, -0.1) is 0 Å². The van der Waals surface area contributed by atoms with Crippen molar-refractivity contribution in [1.29, 1.82) is 0 Å². The Balaban J connectivity index is 1.69. The number of amides is 1. The lowest BCUT2D eigenvalue weighted by Crippen LogP contribution is -2.17. The summed E-state index contributed by atoms with van der Waals surface area (Å²) in [6, 6.07) is 9.49. The van der Waals surface area contributed by atoms with Crippen LogP contribution in [0.1, 0.15) is 21.5 Å². The van der Waals surface area contributed by atoms with E-state index in [0.717, 1.165) is 0 Å². The summed E-state index contributed by atoms with van der Waals surface area (Å²) in [5.41, 5.74) is 3.80. The zero-order valence-electron chi connectivity index (χ0n) is 12.7. The fraction of sp³-hybridized carbons (Fsp3) is 0.125. The first-order valence-corrected chi connectivity index (χ1v) is 7.03. The number of ether oxygens (including phenoxy) is 2. The molecule has 24 heavy (non-hydrogen) atoms. The summed E-state index contributed by atoms with van der Waals surface area (Å²) in [6.45, 7) is 1.78. The number of benzene rings is 2. The highest BCUT2D eigenvalue weighted by molar-refractivity contribution is 5.95. The van der Waals surface area contributed by atoms with E-state index >= 15 is 0 Å². The van der Waals surface area contributed by atoms with Crippen LogP contribution in [0.25, 0.3) is 0 Å². The van der Waals surface area contributed by atoms with E-state index in [0.29, 0.717) is 28.2 Å². The van der Waals surface area contributed by atoms with Crippen LogP contribution in [0.4, 0.5) is 5.69 Å². The van der Waals surface area contributed by atoms with Gasteiger partial charge in [0, 0.05) is 22.8 Å². The van der Waals surface area contributed by atoms with Gasteiger partial charge in [0.15, 0.2) is 11.5 Å². The van der Waals surface area contributed by atoms with E-state index in [1.165, 1.54) is 12.3 Å². The van der Waals surface area contributed by atoms with E-state index in [1.807, 2.05) is 0 Å². The van der Waals surface area contributed by atoms with Crippen molar-refractivity contribution < 1.29 is 19.2 Å². The van der Waals surface area contributed by atoms with Crippen LogP contribution in [0.5, 0.6) is 11.5 Å². The molecule has 8 heteroatoms. The number of fused-ring (bicyclic) bond motifs is 1. The molecule has 0 bridgehead atoms. The number of carbonyl (C=O) groups excluding carboxylic acids is 1. The van der Waals surface area contributed by atoms with Crippen LogP contribution in [0.3, 0.4) is 0 Å². The highest BCUT2D eigenvalue weighted by atomic mass is 16.7. The van der Waals surface area contributed by atoms with Crippen LogP contribution >= 0.6 is 0 Å². The highest BCUT2D eigenvalue weighted by Gasteiger charge is 2.16. The summed E-state index contributed by atoms with van der Waals surface area (Å²) >= 11 is 0. The van der Waals surface area contributed by atoms with Crippen LogP contribution in [0, 0.1) is 17.0 Å². The van der Waals surface area contributed by atoms with Crippen molar-refractivity contribution >= 4 is 17.8 Å². The molecule has 0 saturated heterocycles. The summed E-state index contributed by atoms with van der Waals surface area (Å²) in [5, 5.41) is 14.7. The Morgan fingerprint density at radius 2 is 2.04 bits per heavy atom. The van der Waals surface area contributed by atoms with E-state index < -0.39 is 10.8 Å². The molecule has 0 aromatic heterocycles. The normalized spacial score (nSPS) is 12.4. The van der Waals surface area contributed by atoms with Crippen LogP contribution in [-0.4, -0.2) is 23.8 Å². The predicted molar refractivity (Wildman–Crippen MR) is 85.5 cm³/mol. The largest absolute Gasteiger partial charge is 0.454 e. The molecule has 0 aliphatic carbocycles. The van der Waals surface area contributed by atoms with Crippen molar-refractivity contribution in [2.75, 3.05) is 6.79 Å². The zero-order valence-corrected chi connectivity index (χ0v) is 12.7. The van der Waals surface area contributed by atoms with Crippen molar-refractivity contribution in [1.82, 2.24) is 5.43 Å². The second-order valence-corrected chi connectivity index (χ2v) is 5.07. The first-order chi connectivity index (χ1) is 11.5. The van der Waals surface area contributed by atoms with Gasteiger partial charge in [-0.1, -0.05) is 12.1 Å². The van der Waals surface area contributed by atoms with Crippen molar-refractivity contribution in [3.8, 4) is 11.5 Å². The number of nitro benzene ring substituents is 1. The molecule has 1 N–H and O–H groups in total. The van der Waals surface area contributed by atoms with Gasteiger partial charge in [-0.05, 0) is 25.1 Å². The molecule has 1 heterocycles. The second-order valence-electron chi connectivity index (χ2n) is 5.07. The Morgan fingerprint density at radius 1 is 1.25 bits per heavy atom. The average Bonchev–Trinajstić information content (AvgIpc) is 3.03. The Kier molecular flexibility index (Phi) is 4.11. The molecule has 1 aliphatic heterocycles. The third kappa shape index (κ3) is 3.17. The first kappa shape index (κ1) is 15.5. The number of nitro groups is 1. The Hall–Kier alpha value is -3.42. The number of hydrogen-bond acceptors (Lipinski definition) is 6. The number of hydrogen-bond donors (Lipinski definition) is 1. The summed E-state index contributed by atoms with van der Waals surface area (Å²) in [7, 11) is 0. The maximum atomic E-state index is 12.0. The van der Waals surface area contributed by atoms with Crippen LogP contribution in [0.15, 0.2) is 41.5 Å². The molecule has 1 aliphatic rings. The van der Waals surface area contributed by atoms with E-state index in [1.54, 1.807) is 37.3 Å². The molecular weight excluding hydrogens is 314 g/mol. The topological polar surface area (TPSA) is 103 Å². The molecule has 3 rings (SSSR count). The number of hydrazone groups is 1. The molecular formula is C16H13N3O5. The van der Waals surface area contributed by atoms with Crippen LogP contribution in [0.2, 0.25) is 0 Å². The standard InChI is InChI=1S/C16H13N3O5/c1-10-2-3-11(6-13(10)19(21)22)8-17-18-16(20)12-4-5-14-15(7-12)24-9-23-14/h2-8H,9H2,1H3,(H,18,20)/b17-8+. The van der Waals surface area contributed by atoms with Crippen molar-refractivity contribution in [3.63, 3.8) is 0 Å². The zero-order chi connectivity index (χ0) is 17.1. The van der Waals surface area contributed by atoms with Gasteiger partial charge in [0.1, 0.15) is 0 Å². The third-order valence-electron chi connectivity index (χ3n) is 3.44. The maximum Gasteiger partial charge on any atom is 0.272 e. The smallest absolute Gasteiger partial charge is 0.272 e. The van der Waals surface area contributed by atoms with Gasteiger partial charge < -0.3 is 9.47 Å². The fourth-order valence-electron chi connectivity index (χ4n) is 2.17. The molecule has 1 amide bonds. The van der Waals surface area contributed by atoms with Crippen molar-refractivity contribution in [3.05, 3.63) is 63.2 Å². The molecule has 0 radical (unpaired) electrons. The molecule has 2 aromatic rings. The molecule has 0 fully saturated rings. The number of nitrogens with one attached hydrogen (secondary N) is 1. The van der Waals surface area contributed by atoms with Gasteiger partial charge in [0.25, 0.3) is 11.6 Å². The van der Waals surface area contributed by atoms with Crippen LogP contribution in [-0.2, 0) is 0 Å². The molecule has 0 unspecified atom stereocenters. The fourth-order valence-corrected chi connectivity index (χ4v) is 2.17. The molecule has 122 valence electrons. The van der Waals surface area contributed by atoms with Gasteiger partial charge >= 0.3 is 0 Å². The number of aryl methyl sites for hydroxylation is 1. The Morgan fingerprint density at radius 3 is 2.83 bits per heavy atom. The van der Waals surface area contributed by atoms with Crippen molar-refractivity contribution in [2.45, 2.75) is 6.92 Å². The molecule has 8 nitrogen and oxygen atoms in total. The van der Waals surface area contributed by atoms with Gasteiger partial charge in [0.2, 0.25) is 6.79 Å². The van der Waals surface area contributed by atoms with Crippen LogP contribution < -0.4 is 14.9 Å². The Bertz CT molecular complexity index is 848. The minimum absolute atomic E-state index is 0.000970. The Labute approximate surface area is 136 Å². The van der Waals surface area contributed by atoms with Gasteiger partial charge in [-0.3, -0.25) is 14.9 Å². The molecule has 0 atom stereocenters. The maximum absolute atomic E-state index is 12.0. The SMILES string of the molecule is Cc1ccc(/C=N/NC(=O)c2ccc3c(c2)OCO3)cc1[N+](=O)[O-]. The van der Waals surface area contributed by atoms with Gasteiger partial charge in [-0.25, -0.2) is 5.43 Å². The average molecular weight is 327 g/mol. The van der Waals surface area contributed by atoms with Gasteiger partial charge in [-0.2, -0.15) is 5.10 Å². The van der Waals surface area contributed by atoms with E-state index in [4.69, 9.17) is 9.47 Å². The lowest BCUT2D eigenvalue weighted by atomic mass is 10.1. The lowest BCUT2D eigenvalue weighted by Gasteiger charge is -2.02. The summed E-state index contributed by atoms with van der Waals surface area (Å²) in [5.74, 6) is 0.661. The number of nitrogens with zero attached hydrogens (tertiary/aromatic N) is 2. The molecule has 2 aromatic carbocycles. The predicted octanol–water partition coefficient (Wildman–Crippen LogP) is 2.40. The monoisotopic (exact) mass is 327 g/mol. The minimum atomic E-state index is -0.460. The minimum Gasteiger partial charge on any atom is -0.454 e. The summed E-state index contributed by atoms with van der Waals surface area (Å²) < 4.78 is 10.4. The van der Waals surface area contributed by atoms with E-state index in [9.17, 15) is 14.9 Å². The van der Waals surface area contributed by atoms with E-state index in [2.05, 4.69) is 10.5 Å². The number of carbonyl (C=O) groups is 1. The third-order valence-corrected chi connectivity index (χ3v) is 3.44. The first-order valence-electron chi connectivity index (χ1n) is 7.03. The summed E-state index contributed by atoms with van der Waals surface area (Å²) in [4.78, 5) is 22.5. The molecule has 0 saturated carbocycles. The van der Waals surface area contributed by atoms with E-state index in [-0.39, 0.29) is 12.5 Å². The van der Waals surface area contributed by atoms with Crippen molar-refractivity contribution in [2.24, 2.45) is 5.10 Å². The summed E-state index contributed by atoms with van der Waals surface area (Å²) in [6.07, 6.45) is 1.34. The second kappa shape index (κ2) is 6.37. The highest BCUT2D eigenvalue weighted by Crippen LogP contribution is 2.32. The quantitative estimate of drug-likeness (QED) is 0.527. The molecule has 0 spiro atoms. The van der Waals surface area contributed by atoms with Gasteiger partial charge in [0.05, 0.1) is 11.1 Å². The number of rotatable bonds is 4. The lowest BCUT2D eigenvalue weighted by molar-refractivity contribution is -0.385.